The Labute approximate surface area is 69.0 Å². The Morgan fingerprint density at radius 2 is 2.55 bits per heavy atom. The van der Waals surface area contributed by atoms with Crippen molar-refractivity contribution < 1.29 is 9.52 Å². The molecular weight excluding hydrogens is 168 g/mol. The average Bonchev–Trinajstić information content (AvgIpc) is 2.36. The Balaban J connectivity index is 2.60. The summed E-state index contributed by atoms with van der Waals surface area (Å²) in [6.45, 7) is 0.402. The van der Waals surface area contributed by atoms with Gasteiger partial charge in [-0.25, -0.2) is 4.98 Å². The number of hydrogen-bond acceptors (Lipinski definition) is 4. The first kappa shape index (κ1) is 8.52. The third kappa shape index (κ3) is 2.18. The molecule has 1 atom stereocenters. The Kier molecular flexibility index (Phi) is 2.87. The van der Waals surface area contributed by atoms with Gasteiger partial charge in [0.25, 0.3) is 5.35 Å². The van der Waals surface area contributed by atoms with Gasteiger partial charge in [0.2, 0.25) is 0 Å². The van der Waals surface area contributed by atoms with Gasteiger partial charge < -0.3 is 15.3 Å². The van der Waals surface area contributed by atoms with Crippen LogP contribution in [0.15, 0.2) is 10.6 Å². The van der Waals surface area contributed by atoms with Crippen molar-refractivity contribution in [2.24, 2.45) is 5.73 Å². The minimum atomic E-state index is -0.694. The topological polar surface area (TPSA) is 72.3 Å². The van der Waals surface area contributed by atoms with Gasteiger partial charge in [-0.3, -0.25) is 0 Å². The monoisotopic (exact) mass is 176 g/mol. The maximum absolute atomic E-state index is 9.26. The minimum absolute atomic E-state index is 0.0380. The number of aliphatic hydroxyl groups excluding tert-OH is 1. The van der Waals surface area contributed by atoms with E-state index in [4.69, 9.17) is 21.8 Å². The molecule has 3 N–H and O–H groups in total. The van der Waals surface area contributed by atoms with E-state index in [-0.39, 0.29) is 5.35 Å². The molecule has 1 heterocycles. The van der Waals surface area contributed by atoms with E-state index < -0.39 is 6.10 Å². The molecule has 1 aromatic rings. The lowest BCUT2D eigenvalue weighted by atomic mass is 10.2. The lowest BCUT2D eigenvalue weighted by Gasteiger charge is -2.02. The SMILES string of the molecule is NCCC(O)c1cnc(Cl)o1. The standard InChI is InChI=1S/C6H9ClN2O2/c7-6-9-3-5(11-6)4(10)1-2-8/h3-4,10H,1-2,8H2. The molecule has 0 saturated carbocycles. The highest BCUT2D eigenvalue weighted by molar-refractivity contribution is 6.27. The zero-order chi connectivity index (χ0) is 8.27. The van der Waals surface area contributed by atoms with E-state index >= 15 is 0 Å². The Bertz CT molecular complexity index is 226. The molecule has 5 heteroatoms. The van der Waals surface area contributed by atoms with E-state index in [1.165, 1.54) is 6.20 Å². The number of aromatic nitrogens is 1. The van der Waals surface area contributed by atoms with E-state index in [1.807, 2.05) is 0 Å². The van der Waals surface area contributed by atoms with Crippen molar-refractivity contribution >= 4 is 11.6 Å². The summed E-state index contributed by atoms with van der Waals surface area (Å²) in [6, 6.07) is 0. The number of hydrogen-bond donors (Lipinski definition) is 2. The predicted molar refractivity (Wildman–Crippen MR) is 40.1 cm³/mol. The average molecular weight is 177 g/mol. The van der Waals surface area contributed by atoms with Crippen LogP contribution in [-0.2, 0) is 0 Å². The van der Waals surface area contributed by atoms with Crippen LogP contribution in [-0.4, -0.2) is 16.6 Å². The van der Waals surface area contributed by atoms with Crippen LogP contribution in [0.25, 0.3) is 0 Å². The summed E-state index contributed by atoms with van der Waals surface area (Å²) in [5, 5.41) is 9.30. The van der Waals surface area contributed by atoms with E-state index in [1.54, 1.807) is 0 Å². The first-order valence-corrected chi connectivity index (χ1v) is 3.61. The van der Waals surface area contributed by atoms with Gasteiger partial charge >= 0.3 is 0 Å². The summed E-state index contributed by atoms with van der Waals surface area (Å²) in [4.78, 5) is 3.62. The van der Waals surface area contributed by atoms with Crippen LogP contribution in [0.5, 0.6) is 0 Å². The maximum atomic E-state index is 9.26. The maximum Gasteiger partial charge on any atom is 0.292 e. The van der Waals surface area contributed by atoms with Gasteiger partial charge in [-0.05, 0) is 24.6 Å². The van der Waals surface area contributed by atoms with Crippen molar-refractivity contribution in [3.8, 4) is 0 Å². The number of rotatable bonds is 3. The molecule has 0 amide bonds. The number of nitrogens with zero attached hydrogens (tertiary/aromatic N) is 1. The fourth-order valence-electron chi connectivity index (χ4n) is 0.719. The second kappa shape index (κ2) is 3.71. The molecule has 0 fully saturated rings. The zero-order valence-electron chi connectivity index (χ0n) is 5.83. The van der Waals surface area contributed by atoms with Gasteiger partial charge in [0, 0.05) is 0 Å². The fourth-order valence-corrected chi connectivity index (χ4v) is 0.856. The largest absolute Gasteiger partial charge is 0.430 e. The van der Waals surface area contributed by atoms with Gasteiger partial charge in [-0.15, -0.1) is 0 Å². The molecule has 0 aliphatic rings. The first-order chi connectivity index (χ1) is 5.24. The van der Waals surface area contributed by atoms with Crippen LogP contribution in [0.2, 0.25) is 5.35 Å². The Morgan fingerprint density at radius 3 is 3.00 bits per heavy atom. The van der Waals surface area contributed by atoms with Crippen molar-refractivity contribution in [3.63, 3.8) is 0 Å². The van der Waals surface area contributed by atoms with Crippen LogP contribution in [0, 0.1) is 0 Å². The van der Waals surface area contributed by atoms with Crippen molar-refractivity contribution in [2.75, 3.05) is 6.54 Å². The highest BCUT2D eigenvalue weighted by Crippen LogP contribution is 2.18. The molecular formula is C6H9ClN2O2. The highest BCUT2D eigenvalue weighted by Gasteiger charge is 2.11. The van der Waals surface area contributed by atoms with Crippen LogP contribution in [0.1, 0.15) is 18.3 Å². The van der Waals surface area contributed by atoms with E-state index in [0.29, 0.717) is 18.7 Å². The molecule has 62 valence electrons. The molecule has 0 aliphatic heterocycles. The molecule has 1 unspecified atom stereocenters. The number of oxazole rings is 1. The van der Waals surface area contributed by atoms with Gasteiger partial charge in [0.15, 0.2) is 5.76 Å². The van der Waals surface area contributed by atoms with Gasteiger partial charge in [0.1, 0.15) is 6.10 Å². The number of aliphatic hydroxyl groups is 1. The molecule has 1 aromatic heterocycles. The zero-order valence-corrected chi connectivity index (χ0v) is 6.58. The van der Waals surface area contributed by atoms with Crippen molar-refractivity contribution in [1.82, 2.24) is 4.98 Å². The van der Waals surface area contributed by atoms with E-state index in [9.17, 15) is 5.11 Å². The van der Waals surface area contributed by atoms with Gasteiger partial charge in [0.05, 0.1) is 6.20 Å². The van der Waals surface area contributed by atoms with Crippen LogP contribution in [0.4, 0.5) is 0 Å². The number of halogens is 1. The second-order valence-electron chi connectivity index (χ2n) is 2.11. The molecule has 0 spiro atoms. The molecule has 1 rings (SSSR count). The van der Waals surface area contributed by atoms with Crippen molar-refractivity contribution in [3.05, 3.63) is 17.3 Å². The van der Waals surface area contributed by atoms with Gasteiger partial charge in [-0.2, -0.15) is 0 Å². The highest BCUT2D eigenvalue weighted by atomic mass is 35.5. The van der Waals surface area contributed by atoms with Crippen LogP contribution in [0.3, 0.4) is 0 Å². The first-order valence-electron chi connectivity index (χ1n) is 3.23. The van der Waals surface area contributed by atoms with E-state index in [2.05, 4.69) is 4.98 Å². The third-order valence-corrected chi connectivity index (χ3v) is 1.44. The summed E-state index contributed by atoms with van der Waals surface area (Å²) in [5.41, 5.74) is 5.22. The Morgan fingerprint density at radius 1 is 1.82 bits per heavy atom. The van der Waals surface area contributed by atoms with Crippen LogP contribution >= 0.6 is 11.6 Å². The van der Waals surface area contributed by atoms with Crippen molar-refractivity contribution in [2.45, 2.75) is 12.5 Å². The predicted octanol–water partition coefficient (Wildman–Crippen LogP) is 0.710. The fraction of sp³-hybridized carbons (Fsp3) is 0.500. The molecule has 0 aliphatic carbocycles. The second-order valence-corrected chi connectivity index (χ2v) is 2.43. The lowest BCUT2D eigenvalue weighted by Crippen LogP contribution is -2.05. The molecule has 0 aromatic carbocycles. The summed E-state index contributed by atoms with van der Waals surface area (Å²) in [5.74, 6) is 0.362. The normalized spacial score (nSPS) is 13.4. The molecule has 0 saturated heterocycles. The summed E-state index contributed by atoms with van der Waals surface area (Å²) < 4.78 is 4.85. The minimum Gasteiger partial charge on any atom is -0.430 e. The molecule has 0 radical (unpaired) electrons. The molecule has 11 heavy (non-hydrogen) atoms. The third-order valence-electron chi connectivity index (χ3n) is 1.26. The van der Waals surface area contributed by atoms with Crippen molar-refractivity contribution in [1.29, 1.82) is 0 Å². The summed E-state index contributed by atoms with van der Waals surface area (Å²) in [6.07, 6.45) is 1.15. The quantitative estimate of drug-likeness (QED) is 0.712. The van der Waals surface area contributed by atoms with Crippen LogP contribution < -0.4 is 5.73 Å². The van der Waals surface area contributed by atoms with E-state index in [0.717, 1.165) is 0 Å². The summed E-state index contributed by atoms with van der Waals surface area (Å²) in [7, 11) is 0. The van der Waals surface area contributed by atoms with Gasteiger partial charge in [-0.1, -0.05) is 0 Å². The Hall–Kier alpha value is -0.580. The molecule has 0 bridgehead atoms. The smallest absolute Gasteiger partial charge is 0.292 e. The number of nitrogens with two attached hydrogens (primary N) is 1. The lowest BCUT2D eigenvalue weighted by molar-refractivity contribution is 0.143. The summed E-state index contributed by atoms with van der Waals surface area (Å²) >= 11 is 5.38. The molecule has 4 nitrogen and oxygen atoms in total.